The van der Waals surface area contributed by atoms with Crippen LogP contribution >= 0.6 is 0 Å². The summed E-state index contributed by atoms with van der Waals surface area (Å²) >= 11 is 0. The number of methoxy groups -OCH3 is 1. The van der Waals surface area contributed by atoms with Gasteiger partial charge in [0.2, 0.25) is 0 Å². The number of amides is 1. The van der Waals surface area contributed by atoms with Crippen molar-refractivity contribution in [1.29, 1.82) is 0 Å². The summed E-state index contributed by atoms with van der Waals surface area (Å²) in [6, 6.07) is -0.498. The molecule has 0 aromatic carbocycles. The Balaban J connectivity index is 4.62. The molecule has 0 saturated carbocycles. The summed E-state index contributed by atoms with van der Waals surface area (Å²) in [7, 11) is 4.78. The third-order valence-electron chi connectivity index (χ3n) is 2.26. The minimum absolute atomic E-state index is 0.0447. The van der Waals surface area contributed by atoms with Crippen molar-refractivity contribution in [3.8, 4) is 0 Å². The highest BCUT2D eigenvalue weighted by Crippen LogP contribution is 2.10. The highest BCUT2D eigenvalue weighted by molar-refractivity contribution is 5.84. The maximum absolute atomic E-state index is 11.6. The Kier molecular flexibility index (Phi) is 5.93. The fourth-order valence-electron chi connectivity index (χ4n) is 1.47. The van der Waals surface area contributed by atoms with Gasteiger partial charge in [-0.3, -0.25) is 4.79 Å². The number of carbonyl (C=O) groups is 2. The second kappa shape index (κ2) is 6.40. The molecule has 0 bridgehead atoms. The SMILES string of the molecule is C[NH2+]CC(=O)N(C)[C@H](C(=O)OC)C(C)C. The van der Waals surface area contributed by atoms with E-state index in [1.54, 1.807) is 12.4 Å². The quantitative estimate of drug-likeness (QED) is 0.591. The van der Waals surface area contributed by atoms with Gasteiger partial charge in [0, 0.05) is 7.05 Å². The first kappa shape index (κ1) is 13.9. The van der Waals surface area contributed by atoms with Gasteiger partial charge in [-0.05, 0) is 5.92 Å². The highest BCUT2D eigenvalue weighted by Gasteiger charge is 2.30. The molecule has 15 heavy (non-hydrogen) atoms. The van der Waals surface area contributed by atoms with Crippen LogP contribution in [-0.2, 0) is 14.3 Å². The fourth-order valence-corrected chi connectivity index (χ4v) is 1.47. The molecule has 0 heterocycles. The number of nitrogens with zero attached hydrogens (tertiary/aromatic N) is 1. The molecule has 0 rings (SSSR count). The van der Waals surface area contributed by atoms with Crippen molar-refractivity contribution < 1.29 is 19.6 Å². The van der Waals surface area contributed by atoms with Crippen molar-refractivity contribution in [1.82, 2.24) is 4.90 Å². The molecule has 1 atom stereocenters. The molecule has 0 spiro atoms. The van der Waals surface area contributed by atoms with Gasteiger partial charge in [0.15, 0.2) is 6.54 Å². The van der Waals surface area contributed by atoms with Gasteiger partial charge in [-0.1, -0.05) is 13.8 Å². The zero-order valence-corrected chi connectivity index (χ0v) is 10.1. The van der Waals surface area contributed by atoms with Crippen molar-refractivity contribution in [2.75, 3.05) is 27.7 Å². The average molecular weight is 217 g/mol. The number of rotatable bonds is 5. The van der Waals surface area contributed by atoms with E-state index in [-0.39, 0.29) is 17.8 Å². The molecule has 0 unspecified atom stereocenters. The zero-order valence-electron chi connectivity index (χ0n) is 10.1. The molecule has 0 aliphatic carbocycles. The van der Waals surface area contributed by atoms with Crippen LogP contribution in [0, 0.1) is 5.92 Å². The summed E-state index contributed by atoms with van der Waals surface area (Å²) in [4.78, 5) is 24.5. The Morgan fingerprint density at radius 3 is 2.27 bits per heavy atom. The topological polar surface area (TPSA) is 63.2 Å². The number of esters is 1. The lowest BCUT2D eigenvalue weighted by molar-refractivity contribution is -0.616. The zero-order chi connectivity index (χ0) is 12.0. The van der Waals surface area contributed by atoms with Gasteiger partial charge in [-0.25, -0.2) is 4.79 Å². The summed E-state index contributed by atoms with van der Waals surface area (Å²) in [5.74, 6) is -0.387. The Morgan fingerprint density at radius 1 is 1.40 bits per heavy atom. The number of carbonyl (C=O) groups excluding carboxylic acids is 2. The standard InChI is InChI=1S/C10H20N2O3/c1-7(2)9(10(14)15-5)12(4)8(13)6-11-3/h7,9,11H,6H2,1-5H3/p+1/t9-/m0/s1. The first-order chi connectivity index (χ1) is 6.95. The van der Waals surface area contributed by atoms with Gasteiger partial charge in [0.1, 0.15) is 6.04 Å². The summed E-state index contributed by atoms with van der Waals surface area (Å²) in [6.07, 6.45) is 0. The van der Waals surface area contributed by atoms with Crippen LogP contribution in [0.1, 0.15) is 13.8 Å². The van der Waals surface area contributed by atoms with Crippen LogP contribution in [-0.4, -0.2) is 50.6 Å². The molecule has 0 radical (unpaired) electrons. The predicted molar refractivity (Wildman–Crippen MR) is 56.1 cm³/mol. The fraction of sp³-hybridized carbons (Fsp3) is 0.800. The number of quaternary nitrogens is 1. The third kappa shape index (κ3) is 3.87. The van der Waals surface area contributed by atoms with Crippen LogP contribution < -0.4 is 5.32 Å². The number of likely N-dealkylation sites (N-methyl/N-ethyl adjacent to an activating group) is 2. The Labute approximate surface area is 90.8 Å². The minimum atomic E-state index is -0.498. The summed E-state index contributed by atoms with van der Waals surface area (Å²) < 4.78 is 4.68. The van der Waals surface area contributed by atoms with E-state index in [0.717, 1.165) is 0 Å². The van der Waals surface area contributed by atoms with Gasteiger partial charge in [0.25, 0.3) is 5.91 Å². The number of hydrogen-bond donors (Lipinski definition) is 1. The van der Waals surface area contributed by atoms with Crippen molar-refractivity contribution >= 4 is 11.9 Å². The largest absolute Gasteiger partial charge is 0.467 e. The van der Waals surface area contributed by atoms with Gasteiger partial charge in [0.05, 0.1) is 14.2 Å². The first-order valence-electron chi connectivity index (χ1n) is 5.07. The van der Waals surface area contributed by atoms with Gasteiger partial charge in [-0.15, -0.1) is 0 Å². The minimum Gasteiger partial charge on any atom is -0.467 e. The van der Waals surface area contributed by atoms with Crippen LogP contribution in [0.15, 0.2) is 0 Å². The molecule has 0 aliphatic rings. The molecule has 0 saturated heterocycles. The van der Waals surface area contributed by atoms with E-state index < -0.39 is 6.04 Å². The lowest BCUT2D eigenvalue weighted by Crippen LogP contribution is -2.82. The molecule has 0 aliphatic heterocycles. The molecular formula is C10H21N2O3+. The van der Waals surface area contributed by atoms with Crippen LogP contribution in [0.4, 0.5) is 0 Å². The van der Waals surface area contributed by atoms with E-state index in [1.807, 2.05) is 20.9 Å². The molecular weight excluding hydrogens is 196 g/mol. The van der Waals surface area contributed by atoms with E-state index in [9.17, 15) is 9.59 Å². The lowest BCUT2D eigenvalue weighted by atomic mass is 10.0. The second-order valence-corrected chi connectivity index (χ2v) is 3.83. The van der Waals surface area contributed by atoms with Gasteiger partial charge >= 0.3 is 5.97 Å². The Hall–Kier alpha value is -1.10. The smallest absolute Gasteiger partial charge is 0.328 e. The maximum Gasteiger partial charge on any atom is 0.328 e. The summed E-state index contributed by atoms with van der Waals surface area (Å²) in [6.45, 7) is 4.12. The van der Waals surface area contributed by atoms with Crippen LogP contribution in [0.3, 0.4) is 0 Å². The van der Waals surface area contributed by atoms with Crippen molar-refractivity contribution in [2.45, 2.75) is 19.9 Å². The normalized spacial score (nSPS) is 12.4. The number of hydrogen-bond acceptors (Lipinski definition) is 3. The van der Waals surface area contributed by atoms with E-state index in [2.05, 4.69) is 4.74 Å². The van der Waals surface area contributed by atoms with E-state index in [1.165, 1.54) is 12.0 Å². The van der Waals surface area contributed by atoms with E-state index >= 15 is 0 Å². The van der Waals surface area contributed by atoms with Gasteiger partial charge < -0.3 is 15.0 Å². The predicted octanol–water partition coefficient (Wildman–Crippen LogP) is -1.16. The van der Waals surface area contributed by atoms with E-state index in [0.29, 0.717) is 6.54 Å². The Bertz CT molecular complexity index is 229. The van der Waals surface area contributed by atoms with Gasteiger partial charge in [-0.2, -0.15) is 0 Å². The number of nitrogens with two attached hydrogens (primary N) is 1. The third-order valence-corrected chi connectivity index (χ3v) is 2.26. The second-order valence-electron chi connectivity index (χ2n) is 3.83. The van der Waals surface area contributed by atoms with Crippen LogP contribution in [0.2, 0.25) is 0 Å². The first-order valence-corrected chi connectivity index (χ1v) is 5.07. The molecule has 0 aromatic heterocycles. The summed E-state index contributed by atoms with van der Waals surface area (Å²) in [5.41, 5.74) is 0. The van der Waals surface area contributed by atoms with Crippen molar-refractivity contribution in [2.24, 2.45) is 5.92 Å². The molecule has 0 fully saturated rings. The Morgan fingerprint density at radius 2 is 1.93 bits per heavy atom. The number of ether oxygens (including phenoxy) is 1. The van der Waals surface area contributed by atoms with Crippen LogP contribution in [0.25, 0.3) is 0 Å². The highest BCUT2D eigenvalue weighted by atomic mass is 16.5. The molecule has 2 N–H and O–H groups in total. The lowest BCUT2D eigenvalue weighted by Gasteiger charge is -2.28. The molecule has 0 aromatic rings. The molecule has 88 valence electrons. The monoisotopic (exact) mass is 217 g/mol. The summed E-state index contributed by atoms with van der Waals surface area (Å²) in [5, 5.41) is 1.77. The molecule has 5 nitrogen and oxygen atoms in total. The maximum atomic E-state index is 11.6. The van der Waals surface area contributed by atoms with Crippen molar-refractivity contribution in [3.05, 3.63) is 0 Å². The average Bonchev–Trinajstić information content (AvgIpc) is 2.17. The van der Waals surface area contributed by atoms with Crippen molar-refractivity contribution in [3.63, 3.8) is 0 Å². The van der Waals surface area contributed by atoms with Crippen LogP contribution in [0.5, 0.6) is 0 Å². The van der Waals surface area contributed by atoms with E-state index in [4.69, 9.17) is 0 Å². The molecule has 5 heteroatoms. The molecule has 1 amide bonds.